The van der Waals surface area contributed by atoms with Gasteiger partial charge in [-0.15, -0.1) is 0 Å². The van der Waals surface area contributed by atoms with Gasteiger partial charge >= 0.3 is 0 Å². The summed E-state index contributed by atoms with van der Waals surface area (Å²) in [6, 6.07) is 4.97. The van der Waals surface area contributed by atoms with E-state index in [-0.39, 0.29) is 0 Å². The standard InChI is InChI=1S/C17H29NO/c1-7-10-18-14(4)11-13(3)16-9-8-12(2)15(5)17(16)19-6/h8-9,13-14,18H,7,10-11H2,1-6H3. The van der Waals surface area contributed by atoms with Gasteiger partial charge in [0.2, 0.25) is 0 Å². The number of ether oxygens (including phenoxy) is 1. The van der Waals surface area contributed by atoms with Crippen LogP contribution in [0.3, 0.4) is 0 Å². The zero-order chi connectivity index (χ0) is 14.4. The first kappa shape index (κ1) is 16.0. The lowest BCUT2D eigenvalue weighted by atomic mass is 9.91. The van der Waals surface area contributed by atoms with Gasteiger partial charge in [0.25, 0.3) is 0 Å². The number of hydrogen-bond donors (Lipinski definition) is 1. The molecule has 2 heteroatoms. The van der Waals surface area contributed by atoms with E-state index in [2.05, 4.69) is 52.1 Å². The molecule has 0 aromatic heterocycles. The average molecular weight is 263 g/mol. The molecule has 0 saturated carbocycles. The Balaban J connectivity index is 2.82. The molecule has 0 fully saturated rings. The number of rotatable bonds is 7. The van der Waals surface area contributed by atoms with Crippen LogP contribution in [0.4, 0.5) is 0 Å². The summed E-state index contributed by atoms with van der Waals surface area (Å²) < 4.78 is 5.62. The van der Waals surface area contributed by atoms with Crippen LogP contribution in [0.25, 0.3) is 0 Å². The summed E-state index contributed by atoms with van der Waals surface area (Å²) >= 11 is 0. The molecule has 0 amide bonds. The second kappa shape index (κ2) is 7.54. The van der Waals surface area contributed by atoms with E-state index in [0.717, 1.165) is 18.7 Å². The van der Waals surface area contributed by atoms with Gasteiger partial charge in [0.15, 0.2) is 0 Å². The normalized spacial score (nSPS) is 14.2. The Labute approximate surface area is 118 Å². The van der Waals surface area contributed by atoms with Crippen LogP contribution >= 0.6 is 0 Å². The number of benzene rings is 1. The van der Waals surface area contributed by atoms with Crippen molar-refractivity contribution >= 4 is 0 Å². The highest BCUT2D eigenvalue weighted by Gasteiger charge is 2.16. The number of methoxy groups -OCH3 is 1. The van der Waals surface area contributed by atoms with Gasteiger partial charge < -0.3 is 10.1 Å². The Morgan fingerprint density at radius 3 is 2.47 bits per heavy atom. The highest BCUT2D eigenvalue weighted by atomic mass is 16.5. The molecule has 1 rings (SSSR count). The second-order valence-corrected chi connectivity index (χ2v) is 5.62. The van der Waals surface area contributed by atoms with Crippen molar-refractivity contribution in [3.63, 3.8) is 0 Å². The molecule has 1 aromatic carbocycles. The smallest absolute Gasteiger partial charge is 0.125 e. The summed E-state index contributed by atoms with van der Waals surface area (Å²) in [5.41, 5.74) is 3.89. The highest BCUT2D eigenvalue weighted by molar-refractivity contribution is 5.46. The Hall–Kier alpha value is -1.02. The zero-order valence-corrected chi connectivity index (χ0v) is 13.3. The van der Waals surface area contributed by atoms with E-state index < -0.39 is 0 Å². The SMILES string of the molecule is CCCNC(C)CC(C)c1ccc(C)c(C)c1OC. The Morgan fingerprint density at radius 2 is 1.89 bits per heavy atom. The number of aryl methyl sites for hydroxylation is 1. The lowest BCUT2D eigenvalue weighted by molar-refractivity contribution is 0.397. The minimum atomic E-state index is 0.508. The molecular formula is C17H29NO. The molecule has 2 atom stereocenters. The van der Waals surface area contributed by atoms with Crippen molar-refractivity contribution in [2.45, 2.75) is 59.4 Å². The molecule has 2 nitrogen and oxygen atoms in total. The predicted molar refractivity (Wildman–Crippen MR) is 83.3 cm³/mol. The van der Waals surface area contributed by atoms with Crippen molar-refractivity contribution in [1.29, 1.82) is 0 Å². The van der Waals surface area contributed by atoms with Crippen molar-refractivity contribution in [3.8, 4) is 5.75 Å². The largest absolute Gasteiger partial charge is 0.496 e. The van der Waals surface area contributed by atoms with Crippen molar-refractivity contribution < 1.29 is 4.74 Å². The first-order valence-corrected chi connectivity index (χ1v) is 7.38. The predicted octanol–water partition coefficient (Wildman–Crippen LogP) is 4.19. The van der Waals surface area contributed by atoms with Gasteiger partial charge in [0, 0.05) is 6.04 Å². The van der Waals surface area contributed by atoms with Crippen LogP contribution < -0.4 is 10.1 Å². The van der Waals surface area contributed by atoms with Crippen LogP contribution in [0.1, 0.15) is 56.2 Å². The van der Waals surface area contributed by atoms with Gasteiger partial charge in [-0.05, 0) is 62.8 Å². The van der Waals surface area contributed by atoms with Crippen molar-refractivity contribution in [2.75, 3.05) is 13.7 Å². The van der Waals surface area contributed by atoms with Crippen molar-refractivity contribution in [1.82, 2.24) is 5.32 Å². The molecule has 0 heterocycles. The maximum atomic E-state index is 5.62. The van der Waals surface area contributed by atoms with E-state index in [4.69, 9.17) is 4.74 Å². The topological polar surface area (TPSA) is 21.3 Å². The minimum Gasteiger partial charge on any atom is -0.496 e. The molecule has 0 radical (unpaired) electrons. The molecule has 1 aromatic rings. The van der Waals surface area contributed by atoms with Gasteiger partial charge in [-0.3, -0.25) is 0 Å². The highest BCUT2D eigenvalue weighted by Crippen LogP contribution is 2.33. The Morgan fingerprint density at radius 1 is 1.21 bits per heavy atom. The summed E-state index contributed by atoms with van der Waals surface area (Å²) in [4.78, 5) is 0. The number of nitrogens with one attached hydrogen (secondary N) is 1. The third-order valence-electron chi connectivity index (χ3n) is 3.89. The Kier molecular flexibility index (Phi) is 6.36. The van der Waals surface area contributed by atoms with Crippen molar-refractivity contribution in [3.05, 3.63) is 28.8 Å². The van der Waals surface area contributed by atoms with Crippen LogP contribution in [0, 0.1) is 13.8 Å². The molecule has 2 unspecified atom stereocenters. The molecule has 0 saturated heterocycles. The van der Waals surface area contributed by atoms with E-state index in [0.29, 0.717) is 12.0 Å². The van der Waals surface area contributed by atoms with E-state index >= 15 is 0 Å². The summed E-state index contributed by atoms with van der Waals surface area (Å²) in [6.07, 6.45) is 2.32. The fraction of sp³-hybridized carbons (Fsp3) is 0.647. The zero-order valence-electron chi connectivity index (χ0n) is 13.3. The van der Waals surface area contributed by atoms with Crippen LogP contribution in [0.2, 0.25) is 0 Å². The monoisotopic (exact) mass is 263 g/mol. The van der Waals surface area contributed by atoms with Crippen LogP contribution in [0.5, 0.6) is 5.75 Å². The summed E-state index contributed by atoms with van der Waals surface area (Å²) in [6.45, 7) is 12.1. The van der Waals surface area contributed by atoms with Gasteiger partial charge in [0.05, 0.1) is 7.11 Å². The molecule has 19 heavy (non-hydrogen) atoms. The quantitative estimate of drug-likeness (QED) is 0.796. The molecule has 0 aliphatic heterocycles. The molecule has 0 aliphatic rings. The van der Waals surface area contributed by atoms with Crippen molar-refractivity contribution in [2.24, 2.45) is 0 Å². The van der Waals surface area contributed by atoms with E-state index in [1.165, 1.54) is 23.1 Å². The van der Waals surface area contributed by atoms with E-state index in [9.17, 15) is 0 Å². The summed E-state index contributed by atoms with van der Waals surface area (Å²) in [5, 5.41) is 3.56. The lowest BCUT2D eigenvalue weighted by Crippen LogP contribution is -2.28. The molecule has 0 aliphatic carbocycles. The van der Waals surface area contributed by atoms with Gasteiger partial charge in [-0.2, -0.15) is 0 Å². The molecule has 0 bridgehead atoms. The molecular weight excluding hydrogens is 234 g/mol. The maximum absolute atomic E-state index is 5.62. The third-order valence-corrected chi connectivity index (χ3v) is 3.89. The van der Waals surface area contributed by atoms with Gasteiger partial charge in [-0.1, -0.05) is 26.0 Å². The molecule has 0 spiro atoms. The first-order valence-electron chi connectivity index (χ1n) is 7.38. The second-order valence-electron chi connectivity index (χ2n) is 5.62. The fourth-order valence-corrected chi connectivity index (χ4v) is 2.60. The third kappa shape index (κ3) is 4.24. The molecule has 108 valence electrons. The van der Waals surface area contributed by atoms with Crippen LogP contribution in [-0.4, -0.2) is 19.7 Å². The van der Waals surface area contributed by atoms with Gasteiger partial charge in [-0.25, -0.2) is 0 Å². The molecule has 1 N–H and O–H groups in total. The average Bonchev–Trinajstić information content (AvgIpc) is 2.39. The first-order chi connectivity index (χ1) is 9.01. The maximum Gasteiger partial charge on any atom is 0.125 e. The summed E-state index contributed by atoms with van der Waals surface area (Å²) in [7, 11) is 1.77. The summed E-state index contributed by atoms with van der Waals surface area (Å²) in [5.74, 6) is 1.57. The van der Waals surface area contributed by atoms with E-state index in [1.807, 2.05) is 0 Å². The minimum absolute atomic E-state index is 0.508. The lowest BCUT2D eigenvalue weighted by Gasteiger charge is -2.22. The van der Waals surface area contributed by atoms with Gasteiger partial charge in [0.1, 0.15) is 5.75 Å². The fourth-order valence-electron chi connectivity index (χ4n) is 2.60. The van der Waals surface area contributed by atoms with Crippen LogP contribution in [-0.2, 0) is 0 Å². The Bertz CT molecular complexity index is 400. The number of hydrogen-bond acceptors (Lipinski definition) is 2. The van der Waals surface area contributed by atoms with Crippen LogP contribution in [0.15, 0.2) is 12.1 Å². The van der Waals surface area contributed by atoms with E-state index in [1.54, 1.807) is 7.11 Å².